The van der Waals surface area contributed by atoms with Crippen LogP contribution in [0.1, 0.15) is 37.8 Å². The lowest BCUT2D eigenvalue weighted by Crippen LogP contribution is -2.56. The second-order valence-corrected chi connectivity index (χ2v) is 9.99. The number of fused-ring (bicyclic) bond motifs is 1. The average Bonchev–Trinajstić information content (AvgIpc) is 3.61. The van der Waals surface area contributed by atoms with Crippen molar-refractivity contribution in [1.29, 1.82) is 0 Å². The summed E-state index contributed by atoms with van der Waals surface area (Å²) in [6.07, 6.45) is 2.32. The minimum Gasteiger partial charge on any atom is -0.394 e. The Kier molecular flexibility index (Phi) is 8.33. The van der Waals surface area contributed by atoms with Crippen LogP contribution in [0, 0.1) is 11.8 Å². The van der Waals surface area contributed by atoms with E-state index in [0.717, 1.165) is 17.7 Å². The molecule has 188 valence electrons. The van der Waals surface area contributed by atoms with Crippen molar-refractivity contribution in [3.8, 4) is 0 Å². The van der Waals surface area contributed by atoms with Crippen LogP contribution in [0.15, 0.2) is 18.2 Å². The number of ether oxygens (including phenoxy) is 1. The monoisotopic (exact) mass is 475 g/mol. The molecule has 4 N–H and O–H groups in total. The van der Waals surface area contributed by atoms with Crippen molar-refractivity contribution in [2.75, 3.05) is 38.8 Å². The summed E-state index contributed by atoms with van der Waals surface area (Å²) >= 11 is 0. The van der Waals surface area contributed by atoms with Crippen LogP contribution in [0.3, 0.4) is 0 Å². The predicted octanol–water partition coefficient (Wildman–Crippen LogP) is 0.196. The van der Waals surface area contributed by atoms with Gasteiger partial charge in [-0.05, 0) is 48.8 Å². The van der Waals surface area contributed by atoms with Crippen LogP contribution in [-0.2, 0) is 32.0 Å². The summed E-state index contributed by atoms with van der Waals surface area (Å²) < 4.78 is 5.16. The second-order valence-electron chi connectivity index (χ2n) is 9.99. The van der Waals surface area contributed by atoms with Gasteiger partial charge < -0.3 is 30.5 Å². The molecule has 9 nitrogen and oxygen atoms in total. The van der Waals surface area contributed by atoms with Gasteiger partial charge in [0.15, 0.2) is 11.4 Å². The van der Waals surface area contributed by atoms with Gasteiger partial charge in [0.05, 0.1) is 25.9 Å². The Bertz CT molecular complexity index is 912. The van der Waals surface area contributed by atoms with Crippen molar-refractivity contribution in [2.45, 2.75) is 57.2 Å². The third kappa shape index (κ3) is 5.76. The zero-order valence-corrected chi connectivity index (χ0v) is 20.5. The molecule has 0 saturated carbocycles. The van der Waals surface area contributed by atoms with Gasteiger partial charge in [0.25, 0.3) is 0 Å². The SMILES string of the molecule is CC(C)C[C@H](NC(=O)[C@H](CO)NC(=O)C1CCc2c(cccc2N(C)C)C1)C(=O)[C@@]1(CO)CO1. The van der Waals surface area contributed by atoms with E-state index in [-0.39, 0.29) is 30.1 Å². The predicted molar refractivity (Wildman–Crippen MR) is 127 cm³/mol. The maximum absolute atomic E-state index is 13.0. The molecule has 2 amide bonds. The number of nitrogens with zero attached hydrogens (tertiary/aromatic N) is 1. The lowest BCUT2D eigenvalue weighted by Gasteiger charge is -2.29. The van der Waals surface area contributed by atoms with Crippen molar-refractivity contribution in [3.05, 3.63) is 29.3 Å². The van der Waals surface area contributed by atoms with E-state index in [0.29, 0.717) is 19.3 Å². The maximum atomic E-state index is 13.0. The summed E-state index contributed by atoms with van der Waals surface area (Å²) in [5.41, 5.74) is 2.24. The number of anilines is 1. The van der Waals surface area contributed by atoms with Gasteiger partial charge in [0, 0.05) is 25.7 Å². The van der Waals surface area contributed by atoms with Crippen LogP contribution >= 0.6 is 0 Å². The molecule has 1 aromatic rings. The van der Waals surface area contributed by atoms with Crippen molar-refractivity contribution >= 4 is 23.3 Å². The lowest BCUT2D eigenvalue weighted by molar-refractivity contribution is -0.135. The van der Waals surface area contributed by atoms with Crippen molar-refractivity contribution in [1.82, 2.24) is 10.6 Å². The smallest absolute Gasteiger partial charge is 0.245 e. The first-order valence-electron chi connectivity index (χ1n) is 11.9. The minimum absolute atomic E-state index is 0.0975. The van der Waals surface area contributed by atoms with Crippen molar-refractivity contribution in [3.63, 3.8) is 0 Å². The van der Waals surface area contributed by atoms with E-state index >= 15 is 0 Å². The molecular formula is C25H37N3O6. The Balaban J connectivity index is 1.64. The quantitative estimate of drug-likeness (QED) is 0.336. The number of carbonyl (C=O) groups is 3. The molecule has 0 aromatic heterocycles. The molecule has 0 bridgehead atoms. The summed E-state index contributed by atoms with van der Waals surface area (Å²) in [6, 6.07) is 4.02. The Morgan fingerprint density at radius 2 is 1.88 bits per heavy atom. The van der Waals surface area contributed by atoms with E-state index in [4.69, 9.17) is 4.74 Å². The van der Waals surface area contributed by atoms with Gasteiger partial charge in [0.1, 0.15) is 6.04 Å². The largest absolute Gasteiger partial charge is 0.394 e. The van der Waals surface area contributed by atoms with E-state index in [9.17, 15) is 24.6 Å². The van der Waals surface area contributed by atoms with E-state index in [2.05, 4.69) is 21.6 Å². The average molecular weight is 476 g/mol. The first-order chi connectivity index (χ1) is 16.1. The molecule has 4 atom stereocenters. The Morgan fingerprint density at radius 1 is 1.18 bits per heavy atom. The number of hydrogen-bond donors (Lipinski definition) is 4. The number of amides is 2. The van der Waals surface area contributed by atoms with E-state index in [1.54, 1.807) is 0 Å². The third-order valence-corrected chi connectivity index (χ3v) is 6.66. The number of ketones is 1. The van der Waals surface area contributed by atoms with Gasteiger partial charge in [-0.25, -0.2) is 0 Å². The Hall–Kier alpha value is -2.49. The van der Waals surface area contributed by atoms with Gasteiger partial charge in [-0.15, -0.1) is 0 Å². The van der Waals surface area contributed by atoms with Crippen molar-refractivity contribution < 1.29 is 29.3 Å². The van der Waals surface area contributed by atoms with Crippen LogP contribution in [0.25, 0.3) is 0 Å². The van der Waals surface area contributed by atoms with Crippen molar-refractivity contribution in [2.24, 2.45) is 11.8 Å². The molecule has 3 rings (SSSR count). The molecule has 1 heterocycles. The zero-order chi connectivity index (χ0) is 25.0. The van der Waals surface area contributed by atoms with Gasteiger partial charge in [0.2, 0.25) is 11.8 Å². The molecule has 9 heteroatoms. The van der Waals surface area contributed by atoms with Crippen LogP contribution in [0.2, 0.25) is 0 Å². The van der Waals surface area contributed by atoms with Gasteiger partial charge in [-0.3, -0.25) is 14.4 Å². The van der Waals surface area contributed by atoms with Crippen LogP contribution in [0.4, 0.5) is 5.69 Å². The third-order valence-electron chi connectivity index (χ3n) is 6.66. The highest BCUT2D eigenvalue weighted by Crippen LogP contribution is 2.32. The fourth-order valence-electron chi connectivity index (χ4n) is 4.60. The van der Waals surface area contributed by atoms with E-state index in [1.165, 1.54) is 5.56 Å². The molecule has 0 spiro atoms. The molecular weight excluding hydrogens is 438 g/mol. The summed E-state index contributed by atoms with van der Waals surface area (Å²) in [6.45, 7) is 2.91. The zero-order valence-electron chi connectivity index (χ0n) is 20.5. The number of aliphatic hydroxyl groups is 2. The molecule has 1 aromatic carbocycles. The second kappa shape index (κ2) is 10.8. The standard InChI is InChI=1S/C25H37N3O6/c1-15(2)10-19(22(31)25(13-30)14-34-25)26-24(33)20(12-29)27-23(32)17-8-9-18-16(11-17)6-5-7-21(18)28(3)4/h5-7,15,17,19-20,29-30H,8-14H2,1-4H3,(H,26,33)(H,27,32)/t17?,19-,20-,25+/m0/s1. The number of Topliss-reactive ketones (excluding diaryl/α,β-unsaturated/α-hetero) is 1. The number of nitrogens with one attached hydrogen (secondary N) is 2. The number of carbonyl (C=O) groups excluding carboxylic acids is 3. The molecule has 1 saturated heterocycles. The maximum Gasteiger partial charge on any atom is 0.245 e. The number of aliphatic hydroxyl groups excluding tert-OH is 2. The number of benzene rings is 1. The highest BCUT2D eigenvalue weighted by molar-refractivity contribution is 5.98. The molecule has 34 heavy (non-hydrogen) atoms. The highest BCUT2D eigenvalue weighted by atomic mass is 16.6. The molecule has 1 aliphatic carbocycles. The van der Waals surface area contributed by atoms with E-state index < -0.39 is 36.8 Å². The normalized spacial score (nSPS) is 23.0. The number of rotatable bonds is 11. The fourth-order valence-corrected chi connectivity index (χ4v) is 4.60. The van der Waals surface area contributed by atoms with Gasteiger partial charge in [-0.2, -0.15) is 0 Å². The number of epoxide rings is 1. The van der Waals surface area contributed by atoms with Gasteiger partial charge in [-0.1, -0.05) is 26.0 Å². The summed E-state index contributed by atoms with van der Waals surface area (Å²) in [5.74, 6) is -1.52. The molecule has 1 fully saturated rings. The topological polar surface area (TPSA) is 132 Å². The number of hydrogen-bond acceptors (Lipinski definition) is 7. The Labute approximate surface area is 200 Å². The molecule has 1 aliphatic heterocycles. The van der Waals surface area contributed by atoms with Crippen LogP contribution in [0.5, 0.6) is 0 Å². The van der Waals surface area contributed by atoms with Crippen LogP contribution < -0.4 is 15.5 Å². The molecule has 0 radical (unpaired) electrons. The molecule has 2 aliphatic rings. The lowest BCUT2D eigenvalue weighted by atomic mass is 9.82. The molecule has 1 unspecified atom stereocenters. The van der Waals surface area contributed by atoms with Crippen LogP contribution in [-0.4, -0.2) is 79.4 Å². The first kappa shape index (κ1) is 26.1. The minimum atomic E-state index is -1.26. The summed E-state index contributed by atoms with van der Waals surface area (Å²) in [5, 5.41) is 24.7. The summed E-state index contributed by atoms with van der Waals surface area (Å²) in [4.78, 5) is 40.8. The highest BCUT2D eigenvalue weighted by Gasteiger charge is 2.54. The first-order valence-corrected chi connectivity index (χ1v) is 11.9. The fraction of sp³-hybridized carbons (Fsp3) is 0.640. The van der Waals surface area contributed by atoms with Gasteiger partial charge >= 0.3 is 0 Å². The summed E-state index contributed by atoms with van der Waals surface area (Å²) in [7, 11) is 3.99. The van der Waals surface area contributed by atoms with E-state index in [1.807, 2.05) is 40.1 Å². The Morgan fingerprint density at radius 3 is 2.44 bits per heavy atom.